The Balaban J connectivity index is 1.47. The second-order valence-electron chi connectivity index (χ2n) is 6.45. The van der Waals surface area contributed by atoms with Crippen LogP contribution in [-0.2, 0) is 0 Å². The monoisotopic (exact) mass is 400 g/mol. The van der Waals surface area contributed by atoms with E-state index >= 15 is 0 Å². The summed E-state index contributed by atoms with van der Waals surface area (Å²) in [6.45, 7) is 3.92. The van der Waals surface area contributed by atoms with Gasteiger partial charge in [0.1, 0.15) is 0 Å². The molecule has 9 heteroatoms. The molecule has 2 N–H and O–H groups in total. The molecule has 3 heterocycles. The van der Waals surface area contributed by atoms with Crippen LogP contribution in [0.1, 0.15) is 0 Å². The summed E-state index contributed by atoms with van der Waals surface area (Å²) in [7, 11) is 0. The number of thiazole rings is 1. The molecule has 0 radical (unpaired) electrons. The van der Waals surface area contributed by atoms with Crippen molar-refractivity contribution in [2.75, 3.05) is 49.5 Å². The molecule has 1 aliphatic heterocycles. The molecule has 1 aliphatic rings. The van der Waals surface area contributed by atoms with Crippen LogP contribution in [0.5, 0.6) is 0 Å². The number of nitrogens with one attached hydrogen (secondary N) is 1. The van der Waals surface area contributed by atoms with Gasteiger partial charge in [0.15, 0.2) is 16.8 Å². The summed E-state index contributed by atoms with van der Waals surface area (Å²) < 4.78 is 14.2. The summed E-state index contributed by atoms with van der Waals surface area (Å²) >= 11 is 1.40. The highest BCUT2D eigenvalue weighted by Crippen LogP contribution is 2.27. The van der Waals surface area contributed by atoms with Crippen LogP contribution in [0.3, 0.4) is 0 Å². The van der Waals surface area contributed by atoms with Crippen molar-refractivity contribution in [2.45, 2.75) is 0 Å². The average Bonchev–Trinajstić information content (AvgIpc) is 3.20. The lowest BCUT2D eigenvalue weighted by Gasteiger charge is -2.34. The molecule has 0 aliphatic carbocycles. The van der Waals surface area contributed by atoms with Gasteiger partial charge in [-0.05, 0) is 0 Å². The predicted octanol–water partition coefficient (Wildman–Crippen LogP) is 2.60. The normalized spacial score (nSPS) is 15.0. The molecule has 0 atom stereocenters. The molecular weight excluding hydrogens is 379 g/mol. The number of anilines is 3. The third-order valence-electron chi connectivity index (χ3n) is 4.60. The van der Waals surface area contributed by atoms with Crippen LogP contribution in [0.15, 0.2) is 41.9 Å². The molecule has 1 aromatic carbocycles. The van der Waals surface area contributed by atoms with E-state index in [9.17, 15) is 4.39 Å². The Labute approximate surface area is 166 Å². The van der Waals surface area contributed by atoms with E-state index in [4.69, 9.17) is 5.11 Å². The van der Waals surface area contributed by atoms with Crippen molar-refractivity contribution in [1.29, 1.82) is 0 Å². The number of piperazine rings is 1. The Hall–Kier alpha value is -2.62. The van der Waals surface area contributed by atoms with Crippen LogP contribution in [-0.4, -0.2) is 64.3 Å². The summed E-state index contributed by atoms with van der Waals surface area (Å²) in [4.78, 5) is 17.2. The maximum atomic E-state index is 14.2. The maximum absolute atomic E-state index is 14.2. The van der Waals surface area contributed by atoms with Gasteiger partial charge in [0, 0.05) is 43.7 Å². The highest BCUT2D eigenvalue weighted by atomic mass is 32.1. The number of halogens is 1. The fourth-order valence-electron chi connectivity index (χ4n) is 3.08. The number of aliphatic hydroxyl groups excluding tert-OH is 1. The van der Waals surface area contributed by atoms with Gasteiger partial charge in [0.05, 0.1) is 18.5 Å². The number of nitrogens with zero attached hydrogens (tertiary/aromatic N) is 5. The van der Waals surface area contributed by atoms with E-state index < -0.39 is 5.82 Å². The molecule has 1 saturated heterocycles. The van der Waals surface area contributed by atoms with E-state index in [1.54, 1.807) is 0 Å². The second-order valence-corrected chi connectivity index (χ2v) is 7.31. The number of rotatable bonds is 6. The Morgan fingerprint density at radius 1 is 1.11 bits per heavy atom. The van der Waals surface area contributed by atoms with Gasteiger partial charge in [-0.15, -0.1) is 11.3 Å². The van der Waals surface area contributed by atoms with Crippen LogP contribution < -0.4 is 10.2 Å². The molecule has 2 aromatic heterocycles. The van der Waals surface area contributed by atoms with Gasteiger partial charge in [-0.1, -0.05) is 30.3 Å². The number of β-amino-alcohol motifs (C(OH)–C–C–N with tert-alkyl or cyclic N) is 1. The number of hydrogen-bond acceptors (Lipinski definition) is 8. The molecule has 1 fully saturated rings. The minimum atomic E-state index is -0.515. The molecule has 146 valence electrons. The summed E-state index contributed by atoms with van der Waals surface area (Å²) in [6.07, 6.45) is 1.19. The standard InChI is InChI=1S/C19H21FN6OS/c20-15-12-21-18(26-8-6-25(7-9-26)10-11-27)23-17(15)24-19-22-16(13-28-19)14-4-2-1-3-5-14/h1-5,12-13,27H,6-11H2,(H,21,22,23,24). The molecule has 0 spiro atoms. The van der Waals surface area contributed by atoms with Crippen molar-refractivity contribution in [3.8, 4) is 11.3 Å². The predicted molar refractivity (Wildman–Crippen MR) is 109 cm³/mol. The molecule has 0 saturated carbocycles. The van der Waals surface area contributed by atoms with Gasteiger partial charge in [-0.25, -0.2) is 14.4 Å². The Bertz CT molecular complexity index is 914. The lowest BCUT2D eigenvalue weighted by Crippen LogP contribution is -2.47. The van der Waals surface area contributed by atoms with Gasteiger partial charge < -0.3 is 15.3 Å². The minimum Gasteiger partial charge on any atom is -0.395 e. The molecule has 3 aromatic rings. The number of aliphatic hydroxyl groups is 1. The molecule has 0 amide bonds. The minimum absolute atomic E-state index is 0.122. The van der Waals surface area contributed by atoms with Gasteiger partial charge in [0.2, 0.25) is 5.95 Å². The van der Waals surface area contributed by atoms with E-state index in [0.717, 1.165) is 37.4 Å². The highest BCUT2D eigenvalue weighted by Gasteiger charge is 2.20. The fourth-order valence-corrected chi connectivity index (χ4v) is 3.80. The summed E-state index contributed by atoms with van der Waals surface area (Å²) in [5.74, 6) is 0.100. The quantitative estimate of drug-likeness (QED) is 0.659. The Morgan fingerprint density at radius 2 is 1.89 bits per heavy atom. The first-order chi connectivity index (χ1) is 13.7. The van der Waals surface area contributed by atoms with Gasteiger partial charge in [-0.3, -0.25) is 4.90 Å². The van der Waals surface area contributed by atoms with Crippen molar-refractivity contribution in [3.63, 3.8) is 0 Å². The van der Waals surface area contributed by atoms with Crippen LogP contribution >= 0.6 is 11.3 Å². The number of hydrogen-bond donors (Lipinski definition) is 2. The van der Waals surface area contributed by atoms with E-state index in [1.165, 1.54) is 17.5 Å². The lowest BCUT2D eigenvalue weighted by atomic mass is 10.2. The molecule has 7 nitrogen and oxygen atoms in total. The van der Waals surface area contributed by atoms with Crippen molar-refractivity contribution >= 4 is 28.2 Å². The Kier molecular flexibility index (Phi) is 5.75. The first kappa shape index (κ1) is 18.7. The Morgan fingerprint density at radius 3 is 2.64 bits per heavy atom. The van der Waals surface area contributed by atoms with Crippen LogP contribution in [0.4, 0.5) is 21.3 Å². The molecule has 0 unspecified atom stereocenters. The molecule has 4 rings (SSSR count). The van der Waals surface area contributed by atoms with Crippen molar-refractivity contribution < 1.29 is 9.50 Å². The van der Waals surface area contributed by atoms with Crippen molar-refractivity contribution in [1.82, 2.24) is 19.9 Å². The topological polar surface area (TPSA) is 77.4 Å². The number of aromatic nitrogens is 3. The molecule has 28 heavy (non-hydrogen) atoms. The second kappa shape index (κ2) is 8.59. The first-order valence-electron chi connectivity index (χ1n) is 9.11. The van der Waals surface area contributed by atoms with E-state index in [-0.39, 0.29) is 12.4 Å². The molecule has 0 bridgehead atoms. The van der Waals surface area contributed by atoms with E-state index in [1.807, 2.05) is 40.6 Å². The van der Waals surface area contributed by atoms with Crippen LogP contribution in [0.2, 0.25) is 0 Å². The SMILES string of the molecule is OCCN1CCN(c2ncc(F)c(Nc3nc(-c4ccccc4)cs3)n2)CC1. The van der Waals surface area contributed by atoms with E-state index in [0.29, 0.717) is 17.6 Å². The summed E-state index contributed by atoms with van der Waals surface area (Å²) in [5, 5.41) is 14.5. The van der Waals surface area contributed by atoms with Crippen molar-refractivity contribution in [3.05, 3.63) is 47.7 Å². The molecular formula is C19H21FN6OS. The third-order valence-corrected chi connectivity index (χ3v) is 5.36. The smallest absolute Gasteiger partial charge is 0.227 e. The highest BCUT2D eigenvalue weighted by molar-refractivity contribution is 7.14. The van der Waals surface area contributed by atoms with Gasteiger partial charge in [0.25, 0.3) is 0 Å². The zero-order valence-corrected chi connectivity index (χ0v) is 16.1. The zero-order chi connectivity index (χ0) is 19.3. The van der Waals surface area contributed by atoms with E-state index in [2.05, 4.69) is 25.2 Å². The number of benzene rings is 1. The largest absolute Gasteiger partial charge is 0.395 e. The van der Waals surface area contributed by atoms with Gasteiger partial charge in [-0.2, -0.15) is 4.98 Å². The van der Waals surface area contributed by atoms with Crippen LogP contribution in [0.25, 0.3) is 11.3 Å². The summed E-state index contributed by atoms with van der Waals surface area (Å²) in [6, 6.07) is 9.84. The first-order valence-corrected chi connectivity index (χ1v) is 9.99. The average molecular weight is 400 g/mol. The van der Waals surface area contributed by atoms with Crippen molar-refractivity contribution in [2.24, 2.45) is 0 Å². The van der Waals surface area contributed by atoms with Crippen LogP contribution in [0, 0.1) is 5.82 Å². The maximum Gasteiger partial charge on any atom is 0.227 e. The third kappa shape index (κ3) is 4.27. The summed E-state index contributed by atoms with van der Waals surface area (Å²) in [5.41, 5.74) is 1.85. The van der Waals surface area contributed by atoms with Gasteiger partial charge >= 0.3 is 0 Å². The zero-order valence-electron chi connectivity index (χ0n) is 15.3. The lowest BCUT2D eigenvalue weighted by molar-refractivity contribution is 0.188. The fraction of sp³-hybridized carbons (Fsp3) is 0.316.